The molecule has 162 valence electrons. The SMILES string of the molecule is CCCCCCCCCCCCC(C)C(Cc1ccc(O)cc1)CC(C)(C)C. The highest BCUT2D eigenvalue weighted by Gasteiger charge is 2.23. The maximum absolute atomic E-state index is 9.55. The highest BCUT2D eigenvalue weighted by Crippen LogP contribution is 2.34. The number of hydrogen-bond acceptors (Lipinski definition) is 1. The predicted octanol–water partition coefficient (Wildman–Crippen LogP) is 8.93. The first-order valence-electron chi connectivity index (χ1n) is 12.1. The molecule has 0 aliphatic carbocycles. The molecule has 0 radical (unpaired) electrons. The molecule has 0 amide bonds. The Balaban J connectivity index is 2.30. The minimum absolute atomic E-state index is 0.369. The Hall–Kier alpha value is -0.980. The fraction of sp³-hybridized carbons (Fsp3) is 0.778. The highest BCUT2D eigenvalue weighted by atomic mass is 16.3. The van der Waals surface area contributed by atoms with Gasteiger partial charge < -0.3 is 5.11 Å². The molecular formula is C27H48O. The summed E-state index contributed by atoms with van der Waals surface area (Å²) in [5, 5.41) is 9.55. The summed E-state index contributed by atoms with van der Waals surface area (Å²) in [4.78, 5) is 0. The highest BCUT2D eigenvalue weighted by molar-refractivity contribution is 5.26. The number of unbranched alkanes of at least 4 members (excludes halogenated alkanes) is 9. The number of hydrogen-bond donors (Lipinski definition) is 1. The summed E-state index contributed by atoms with van der Waals surface area (Å²) in [6, 6.07) is 7.85. The quantitative estimate of drug-likeness (QED) is 0.297. The van der Waals surface area contributed by atoms with Crippen molar-refractivity contribution in [2.75, 3.05) is 0 Å². The van der Waals surface area contributed by atoms with Crippen LogP contribution in [0.2, 0.25) is 0 Å². The molecule has 2 atom stereocenters. The van der Waals surface area contributed by atoms with Crippen LogP contribution in [-0.2, 0) is 6.42 Å². The third-order valence-corrected chi connectivity index (χ3v) is 6.13. The van der Waals surface area contributed by atoms with E-state index in [4.69, 9.17) is 0 Å². The topological polar surface area (TPSA) is 20.2 Å². The van der Waals surface area contributed by atoms with Crippen molar-refractivity contribution in [2.24, 2.45) is 17.3 Å². The van der Waals surface area contributed by atoms with E-state index in [2.05, 4.69) is 46.8 Å². The fourth-order valence-corrected chi connectivity index (χ4v) is 4.39. The number of aromatic hydroxyl groups is 1. The average Bonchev–Trinajstić information content (AvgIpc) is 2.63. The summed E-state index contributed by atoms with van der Waals surface area (Å²) in [5.74, 6) is 1.86. The zero-order chi connectivity index (χ0) is 20.8. The molecule has 0 aliphatic heterocycles. The van der Waals surface area contributed by atoms with Gasteiger partial charge in [-0.15, -0.1) is 0 Å². The van der Waals surface area contributed by atoms with Gasteiger partial charge in [0.2, 0.25) is 0 Å². The van der Waals surface area contributed by atoms with Gasteiger partial charge in [0.15, 0.2) is 0 Å². The lowest BCUT2D eigenvalue weighted by Crippen LogP contribution is -2.21. The van der Waals surface area contributed by atoms with E-state index in [0.29, 0.717) is 11.2 Å². The molecule has 1 heteroatoms. The third-order valence-electron chi connectivity index (χ3n) is 6.13. The summed E-state index contributed by atoms with van der Waals surface area (Å²) in [5.41, 5.74) is 1.73. The standard InChI is InChI=1S/C27H48O/c1-6-7-8-9-10-11-12-13-14-15-16-23(2)25(22-27(3,4)5)21-24-17-19-26(28)20-18-24/h17-20,23,25,28H,6-16,21-22H2,1-5H3. The first kappa shape index (κ1) is 25.1. The van der Waals surface area contributed by atoms with E-state index >= 15 is 0 Å². The molecule has 1 aromatic rings. The van der Waals surface area contributed by atoms with Crippen molar-refractivity contribution < 1.29 is 5.11 Å². The maximum Gasteiger partial charge on any atom is 0.115 e. The molecule has 1 nitrogen and oxygen atoms in total. The molecule has 0 heterocycles. The summed E-state index contributed by atoms with van der Waals surface area (Å²) < 4.78 is 0. The third kappa shape index (κ3) is 12.5. The van der Waals surface area contributed by atoms with Gasteiger partial charge in [0.05, 0.1) is 0 Å². The van der Waals surface area contributed by atoms with E-state index in [9.17, 15) is 5.11 Å². The van der Waals surface area contributed by atoms with Gasteiger partial charge in [-0.1, -0.05) is 117 Å². The van der Waals surface area contributed by atoms with E-state index in [1.807, 2.05) is 12.1 Å². The van der Waals surface area contributed by atoms with E-state index in [1.165, 1.54) is 82.6 Å². The second kappa shape index (κ2) is 14.1. The predicted molar refractivity (Wildman–Crippen MR) is 125 cm³/mol. The van der Waals surface area contributed by atoms with Gasteiger partial charge in [0.1, 0.15) is 5.75 Å². The van der Waals surface area contributed by atoms with Gasteiger partial charge >= 0.3 is 0 Å². The Kier molecular flexibility index (Phi) is 12.6. The van der Waals surface area contributed by atoms with Crippen molar-refractivity contribution in [3.05, 3.63) is 29.8 Å². The fourth-order valence-electron chi connectivity index (χ4n) is 4.39. The van der Waals surface area contributed by atoms with E-state index in [0.717, 1.165) is 18.3 Å². The second-order valence-electron chi connectivity index (χ2n) is 10.3. The molecule has 0 saturated carbocycles. The van der Waals surface area contributed by atoms with Crippen LogP contribution in [0, 0.1) is 17.3 Å². The number of phenolic OH excluding ortho intramolecular Hbond substituents is 1. The minimum Gasteiger partial charge on any atom is -0.508 e. The molecule has 2 unspecified atom stereocenters. The number of phenols is 1. The molecule has 0 saturated heterocycles. The van der Waals surface area contributed by atoms with Gasteiger partial charge in [0, 0.05) is 0 Å². The molecule has 1 aromatic carbocycles. The molecule has 0 aromatic heterocycles. The summed E-state index contributed by atoms with van der Waals surface area (Å²) in [7, 11) is 0. The Morgan fingerprint density at radius 1 is 0.786 bits per heavy atom. The zero-order valence-corrected chi connectivity index (χ0v) is 19.6. The maximum atomic E-state index is 9.55. The molecule has 0 aliphatic rings. The van der Waals surface area contributed by atoms with Crippen LogP contribution in [0.15, 0.2) is 24.3 Å². The zero-order valence-electron chi connectivity index (χ0n) is 19.6. The van der Waals surface area contributed by atoms with Gasteiger partial charge in [0.25, 0.3) is 0 Å². The summed E-state index contributed by atoms with van der Waals surface area (Å²) in [6.45, 7) is 11.8. The molecule has 28 heavy (non-hydrogen) atoms. The van der Waals surface area contributed by atoms with Crippen LogP contribution in [0.3, 0.4) is 0 Å². The van der Waals surface area contributed by atoms with Crippen molar-refractivity contribution in [3.8, 4) is 5.75 Å². The molecule has 1 N–H and O–H groups in total. The second-order valence-corrected chi connectivity index (χ2v) is 10.3. The lowest BCUT2D eigenvalue weighted by atomic mass is 9.75. The Morgan fingerprint density at radius 2 is 1.29 bits per heavy atom. The van der Waals surface area contributed by atoms with Crippen LogP contribution in [0.5, 0.6) is 5.75 Å². The van der Waals surface area contributed by atoms with Crippen LogP contribution in [-0.4, -0.2) is 5.11 Å². The molecular weight excluding hydrogens is 340 g/mol. The van der Waals surface area contributed by atoms with Gasteiger partial charge in [-0.2, -0.15) is 0 Å². The number of benzene rings is 1. The average molecular weight is 389 g/mol. The van der Waals surface area contributed by atoms with Crippen LogP contribution in [0.1, 0.15) is 117 Å². The largest absolute Gasteiger partial charge is 0.508 e. The molecule has 0 spiro atoms. The Morgan fingerprint density at radius 3 is 1.79 bits per heavy atom. The normalized spacial score (nSPS) is 14.2. The van der Waals surface area contributed by atoms with Crippen LogP contribution < -0.4 is 0 Å². The lowest BCUT2D eigenvalue weighted by molar-refractivity contribution is 0.220. The van der Waals surface area contributed by atoms with E-state index in [1.54, 1.807) is 0 Å². The molecule has 1 rings (SSSR count). The van der Waals surface area contributed by atoms with Crippen molar-refractivity contribution in [1.82, 2.24) is 0 Å². The molecule has 0 bridgehead atoms. The lowest BCUT2D eigenvalue weighted by Gasteiger charge is -2.31. The first-order valence-corrected chi connectivity index (χ1v) is 12.1. The van der Waals surface area contributed by atoms with E-state index < -0.39 is 0 Å². The smallest absolute Gasteiger partial charge is 0.115 e. The van der Waals surface area contributed by atoms with E-state index in [-0.39, 0.29) is 0 Å². The summed E-state index contributed by atoms with van der Waals surface area (Å²) >= 11 is 0. The minimum atomic E-state index is 0.369. The van der Waals surface area contributed by atoms with Gasteiger partial charge in [-0.05, 0) is 47.8 Å². The van der Waals surface area contributed by atoms with Crippen LogP contribution in [0.25, 0.3) is 0 Å². The monoisotopic (exact) mass is 388 g/mol. The Labute approximate surface area is 176 Å². The first-order chi connectivity index (χ1) is 13.3. The summed E-state index contributed by atoms with van der Waals surface area (Å²) in [6.07, 6.45) is 17.9. The number of rotatable bonds is 15. The van der Waals surface area contributed by atoms with Crippen molar-refractivity contribution >= 4 is 0 Å². The van der Waals surface area contributed by atoms with Gasteiger partial charge in [-0.3, -0.25) is 0 Å². The van der Waals surface area contributed by atoms with Gasteiger partial charge in [-0.25, -0.2) is 0 Å². The molecule has 0 fully saturated rings. The van der Waals surface area contributed by atoms with Crippen molar-refractivity contribution in [2.45, 2.75) is 118 Å². The van der Waals surface area contributed by atoms with Crippen LogP contribution >= 0.6 is 0 Å². The van der Waals surface area contributed by atoms with Crippen molar-refractivity contribution in [1.29, 1.82) is 0 Å². The van der Waals surface area contributed by atoms with Crippen molar-refractivity contribution in [3.63, 3.8) is 0 Å². The Bertz CT molecular complexity index is 482. The van der Waals surface area contributed by atoms with Crippen LogP contribution in [0.4, 0.5) is 0 Å².